The summed E-state index contributed by atoms with van der Waals surface area (Å²) in [7, 11) is 0. The minimum Gasteiger partial charge on any atom is -0.383 e. The zero-order valence-electron chi connectivity index (χ0n) is 13.2. The van der Waals surface area contributed by atoms with E-state index in [0.717, 1.165) is 19.1 Å². The van der Waals surface area contributed by atoms with Crippen molar-refractivity contribution in [2.24, 2.45) is 0 Å². The Labute approximate surface area is 153 Å². The number of hydrogen-bond acceptors (Lipinski definition) is 4. The third-order valence-corrected chi connectivity index (χ3v) is 4.38. The first kappa shape index (κ1) is 18.5. The molecule has 0 saturated carbocycles. The molecule has 26 heavy (non-hydrogen) atoms. The van der Waals surface area contributed by atoms with Crippen LogP contribution in [0.1, 0.15) is 24.2 Å². The van der Waals surface area contributed by atoms with Gasteiger partial charge in [0.1, 0.15) is 23.3 Å². The van der Waals surface area contributed by atoms with Crippen molar-refractivity contribution in [3.8, 4) is 0 Å². The minimum atomic E-state index is -2.22. The highest BCUT2D eigenvalue weighted by atomic mass is 79.9. The van der Waals surface area contributed by atoms with E-state index in [0.29, 0.717) is 15.1 Å². The summed E-state index contributed by atoms with van der Waals surface area (Å²) in [6.45, 7) is 1.14. The molecule has 0 amide bonds. The third kappa shape index (κ3) is 3.21. The second-order valence-electron chi connectivity index (χ2n) is 5.68. The molecule has 3 aromatic rings. The number of pyridine rings is 1. The van der Waals surface area contributed by atoms with Crippen molar-refractivity contribution in [1.29, 1.82) is 0 Å². The highest BCUT2D eigenvalue weighted by Crippen LogP contribution is 2.39. The maximum atomic E-state index is 14.3. The third-order valence-electron chi connectivity index (χ3n) is 3.91. The molecule has 2 atom stereocenters. The van der Waals surface area contributed by atoms with Crippen LogP contribution in [0.3, 0.4) is 0 Å². The lowest BCUT2D eigenvalue weighted by atomic mass is 9.85. The first-order chi connectivity index (χ1) is 12.2. The first-order valence-electron chi connectivity index (χ1n) is 7.27. The number of hydrogen-bond donors (Lipinski definition) is 1. The molecule has 0 fully saturated rings. The molecule has 2 aromatic heterocycles. The predicted octanol–water partition coefficient (Wildman–Crippen LogP) is 3.49. The molecule has 0 aliphatic rings. The van der Waals surface area contributed by atoms with Crippen LogP contribution in [0.2, 0.25) is 0 Å². The quantitative estimate of drug-likeness (QED) is 0.643. The van der Waals surface area contributed by atoms with Gasteiger partial charge >= 0.3 is 12.2 Å². The van der Waals surface area contributed by atoms with E-state index in [1.165, 1.54) is 18.3 Å². The Morgan fingerprint density at radius 2 is 1.73 bits per heavy atom. The monoisotopic (exact) mass is 430 g/mol. The molecule has 1 aromatic carbocycles. The molecule has 136 valence electrons. The van der Waals surface area contributed by atoms with Gasteiger partial charge in [-0.05, 0) is 41.1 Å². The maximum Gasteiger partial charge on any atom is 0.312 e. The molecule has 0 spiro atoms. The molecular formula is C16H11BrF4N4O. The highest BCUT2D eigenvalue weighted by molar-refractivity contribution is 9.10. The van der Waals surface area contributed by atoms with E-state index >= 15 is 0 Å². The Morgan fingerprint density at radius 3 is 2.27 bits per heavy atom. The standard InChI is InChI=1S/C16H11BrF4N4O/c1-16(26,10-4-3-9(18)6-11(10)19)13(12-5-2-8(17)7-22-12)25-14(20)23-24-15(25)21/h2-7,13,26H,1H3/t13-,16-/m1/s1. The molecule has 10 heteroatoms. The molecule has 0 bridgehead atoms. The lowest BCUT2D eigenvalue weighted by Crippen LogP contribution is -2.37. The predicted molar refractivity (Wildman–Crippen MR) is 85.9 cm³/mol. The fourth-order valence-electron chi connectivity index (χ4n) is 2.74. The molecule has 0 aliphatic heterocycles. The highest BCUT2D eigenvalue weighted by Gasteiger charge is 2.42. The van der Waals surface area contributed by atoms with E-state index in [9.17, 15) is 22.7 Å². The number of nitrogens with zero attached hydrogens (tertiary/aromatic N) is 4. The van der Waals surface area contributed by atoms with Gasteiger partial charge in [-0.3, -0.25) is 4.98 Å². The zero-order valence-corrected chi connectivity index (χ0v) is 14.8. The number of aliphatic hydroxyl groups is 1. The van der Waals surface area contributed by atoms with Gasteiger partial charge in [0.05, 0.1) is 5.69 Å². The number of benzene rings is 1. The van der Waals surface area contributed by atoms with Crippen LogP contribution >= 0.6 is 15.9 Å². The van der Waals surface area contributed by atoms with E-state index in [-0.39, 0.29) is 11.3 Å². The summed E-state index contributed by atoms with van der Waals surface area (Å²) in [5, 5.41) is 17.0. The molecule has 2 heterocycles. The van der Waals surface area contributed by atoms with Crippen LogP contribution in [0.25, 0.3) is 0 Å². The first-order valence-corrected chi connectivity index (χ1v) is 8.06. The van der Waals surface area contributed by atoms with Gasteiger partial charge in [0.15, 0.2) is 0 Å². The van der Waals surface area contributed by atoms with Gasteiger partial charge in [0, 0.05) is 22.3 Å². The van der Waals surface area contributed by atoms with E-state index in [1.54, 1.807) is 0 Å². The Kier molecular flexibility index (Phi) is 4.80. The average Bonchev–Trinajstić information content (AvgIpc) is 2.88. The van der Waals surface area contributed by atoms with Gasteiger partial charge in [-0.1, -0.05) is 16.3 Å². The van der Waals surface area contributed by atoms with Crippen molar-refractivity contribution in [1.82, 2.24) is 19.7 Å². The Hall–Kier alpha value is -2.33. The summed E-state index contributed by atoms with van der Waals surface area (Å²) >= 11 is 3.18. The second kappa shape index (κ2) is 6.76. The molecule has 0 unspecified atom stereocenters. The smallest absolute Gasteiger partial charge is 0.312 e. The topological polar surface area (TPSA) is 63.8 Å². The Morgan fingerprint density at radius 1 is 1.08 bits per heavy atom. The number of rotatable bonds is 4. The number of halogens is 5. The fourth-order valence-corrected chi connectivity index (χ4v) is 2.97. The molecule has 5 nitrogen and oxygen atoms in total. The summed E-state index contributed by atoms with van der Waals surface area (Å²) < 4.78 is 56.6. The van der Waals surface area contributed by atoms with Crippen LogP contribution in [0.4, 0.5) is 17.6 Å². The van der Waals surface area contributed by atoms with Crippen LogP contribution in [-0.2, 0) is 5.60 Å². The van der Waals surface area contributed by atoms with Gasteiger partial charge in [0.2, 0.25) is 0 Å². The molecule has 0 radical (unpaired) electrons. The fraction of sp³-hybridized carbons (Fsp3) is 0.188. The van der Waals surface area contributed by atoms with E-state index in [1.807, 2.05) is 0 Å². The van der Waals surface area contributed by atoms with Gasteiger partial charge in [0.25, 0.3) is 0 Å². The van der Waals surface area contributed by atoms with Gasteiger partial charge < -0.3 is 5.11 Å². The molecular weight excluding hydrogens is 420 g/mol. The van der Waals surface area contributed by atoms with Crippen molar-refractivity contribution in [2.45, 2.75) is 18.6 Å². The molecule has 1 N–H and O–H groups in total. The van der Waals surface area contributed by atoms with E-state index in [2.05, 4.69) is 31.1 Å². The molecule has 3 rings (SSSR count). The van der Waals surface area contributed by atoms with E-state index < -0.39 is 35.4 Å². The largest absolute Gasteiger partial charge is 0.383 e. The van der Waals surface area contributed by atoms with Crippen LogP contribution < -0.4 is 0 Å². The van der Waals surface area contributed by atoms with Crippen LogP contribution in [0, 0.1) is 23.8 Å². The van der Waals surface area contributed by atoms with Crippen LogP contribution in [-0.4, -0.2) is 24.9 Å². The zero-order chi connectivity index (χ0) is 19.1. The van der Waals surface area contributed by atoms with Crippen LogP contribution in [0.5, 0.6) is 0 Å². The van der Waals surface area contributed by atoms with Crippen molar-refractivity contribution in [2.75, 3.05) is 0 Å². The number of aromatic nitrogens is 4. The summed E-state index contributed by atoms with van der Waals surface area (Å²) in [6.07, 6.45) is -1.32. The maximum absolute atomic E-state index is 14.3. The van der Waals surface area contributed by atoms with Crippen molar-refractivity contribution < 1.29 is 22.7 Å². The minimum absolute atomic E-state index is 0.0134. The summed E-state index contributed by atoms with van der Waals surface area (Å²) in [6, 6.07) is 3.85. The SMILES string of the molecule is C[C@@](O)(c1ccc(F)cc1F)[C@@H](c1ccc(Br)cn1)n1c(F)nnc1F. The van der Waals surface area contributed by atoms with Crippen molar-refractivity contribution >= 4 is 15.9 Å². The second-order valence-corrected chi connectivity index (χ2v) is 6.60. The Balaban J connectivity index is 2.24. The average molecular weight is 431 g/mol. The lowest BCUT2D eigenvalue weighted by molar-refractivity contribution is 0.00282. The van der Waals surface area contributed by atoms with Gasteiger partial charge in [-0.15, -0.1) is 0 Å². The summed E-state index contributed by atoms with van der Waals surface area (Å²) in [5.41, 5.74) is -2.58. The van der Waals surface area contributed by atoms with E-state index in [4.69, 9.17) is 0 Å². The normalized spacial score (nSPS) is 14.9. The van der Waals surface area contributed by atoms with Crippen molar-refractivity contribution in [3.63, 3.8) is 0 Å². The Bertz CT molecular complexity index is 926. The summed E-state index contributed by atoms with van der Waals surface area (Å²) in [4.78, 5) is 4.04. The molecule has 0 saturated heterocycles. The van der Waals surface area contributed by atoms with Crippen LogP contribution in [0.15, 0.2) is 41.0 Å². The lowest BCUT2D eigenvalue weighted by Gasteiger charge is -2.33. The molecule has 0 aliphatic carbocycles. The summed E-state index contributed by atoms with van der Waals surface area (Å²) in [5.74, 6) is -1.94. The van der Waals surface area contributed by atoms with Crippen molar-refractivity contribution in [3.05, 3.63) is 76.0 Å². The van der Waals surface area contributed by atoms with Gasteiger partial charge in [-0.25, -0.2) is 13.3 Å². The van der Waals surface area contributed by atoms with Gasteiger partial charge in [-0.2, -0.15) is 8.78 Å².